The molecule has 6 heteroatoms. The van der Waals surface area contributed by atoms with Gasteiger partial charge in [0.05, 0.1) is 12.0 Å². The normalized spacial score (nSPS) is 21.6. The Hall–Kier alpha value is -1.14. The van der Waals surface area contributed by atoms with Crippen molar-refractivity contribution >= 4 is 12.0 Å². The summed E-state index contributed by atoms with van der Waals surface area (Å²) in [7, 11) is 2.92. The van der Waals surface area contributed by atoms with Gasteiger partial charge in [-0.3, -0.25) is 4.79 Å². The van der Waals surface area contributed by atoms with Crippen molar-refractivity contribution < 1.29 is 23.8 Å². The van der Waals surface area contributed by atoms with Gasteiger partial charge in [-0.05, 0) is 12.8 Å². The third kappa shape index (κ3) is 2.81. The van der Waals surface area contributed by atoms with Crippen molar-refractivity contribution in [1.29, 1.82) is 0 Å². The molecular formula is C12H21NO5. The quantitative estimate of drug-likeness (QED) is 0.695. The van der Waals surface area contributed by atoms with E-state index in [2.05, 4.69) is 0 Å². The Kier molecular flexibility index (Phi) is 5.10. The van der Waals surface area contributed by atoms with Crippen LogP contribution in [-0.4, -0.2) is 50.1 Å². The van der Waals surface area contributed by atoms with Crippen molar-refractivity contribution in [2.45, 2.75) is 33.1 Å². The summed E-state index contributed by atoms with van der Waals surface area (Å²) in [6.07, 6.45) is -1.25. The molecule has 2 atom stereocenters. The van der Waals surface area contributed by atoms with Gasteiger partial charge >= 0.3 is 6.09 Å². The van der Waals surface area contributed by atoms with Crippen LogP contribution in [0.3, 0.4) is 0 Å². The number of ether oxygens (including phenoxy) is 3. The van der Waals surface area contributed by atoms with E-state index >= 15 is 0 Å². The molecule has 0 saturated carbocycles. The first-order chi connectivity index (χ1) is 8.43. The third-order valence-corrected chi connectivity index (χ3v) is 3.18. The van der Waals surface area contributed by atoms with Crippen LogP contribution in [0.15, 0.2) is 0 Å². The largest absolute Gasteiger partial charge is 0.447 e. The molecule has 104 valence electrons. The highest BCUT2D eigenvalue weighted by Crippen LogP contribution is 2.23. The molecule has 0 aromatic rings. The molecule has 0 aromatic heterocycles. The van der Waals surface area contributed by atoms with Gasteiger partial charge in [-0.2, -0.15) is 0 Å². The minimum Gasteiger partial charge on any atom is -0.447 e. The Bertz CT molecular complexity index is 314. The molecule has 1 fully saturated rings. The van der Waals surface area contributed by atoms with E-state index in [1.807, 2.05) is 13.8 Å². The van der Waals surface area contributed by atoms with Crippen LogP contribution in [0.2, 0.25) is 0 Å². The van der Waals surface area contributed by atoms with Gasteiger partial charge in [0.2, 0.25) is 5.91 Å². The molecule has 0 aliphatic carbocycles. The van der Waals surface area contributed by atoms with E-state index in [1.165, 1.54) is 19.1 Å². The molecule has 1 saturated heterocycles. The predicted molar refractivity (Wildman–Crippen MR) is 63.8 cm³/mol. The second-order valence-electron chi connectivity index (χ2n) is 4.72. The van der Waals surface area contributed by atoms with Gasteiger partial charge < -0.3 is 14.2 Å². The Balaban J connectivity index is 2.83. The van der Waals surface area contributed by atoms with Crippen LogP contribution in [0.5, 0.6) is 0 Å². The van der Waals surface area contributed by atoms with E-state index in [4.69, 9.17) is 14.2 Å². The van der Waals surface area contributed by atoms with Gasteiger partial charge in [0.15, 0.2) is 6.29 Å². The van der Waals surface area contributed by atoms with Gasteiger partial charge in [-0.25, -0.2) is 9.69 Å². The highest BCUT2D eigenvalue weighted by atomic mass is 16.7. The molecule has 2 amide bonds. The third-order valence-electron chi connectivity index (χ3n) is 3.18. The number of cyclic esters (lactones) is 1. The second-order valence-corrected chi connectivity index (χ2v) is 4.72. The molecule has 0 bridgehead atoms. The summed E-state index contributed by atoms with van der Waals surface area (Å²) >= 11 is 0. The summed E-state index contributed by atoms with van der Waals surface area (Å²) in [5, 5.41) is 0. The molecular weight excluding hydrogens is 238 g/mol. The van der Waals surface area contributed by atoms with Crippen LogP contribution in [0, 0.1) is 11.8 Å². The number of rotatable bonds is 5. The highest BCUT2D eigenvalue weighted by molar-refractivity contribution is 5.94. The zero-order valence-electron chi connectivity index (χ0n) is 11.5. The summed E-state index contributed by atoms with van der Waals surface area (Å²) in [6.45, 7) is 5.81. The van der Waals surface area contributed by atoms with Crippen LogP contribution in [0.25, 0.3) is 0 Å². The number of imide groups is 1. The maximum atomic E-state index is 12.3. The van der Waals surface area contributed by atoms with Crippen LogP contribution >= 0.6 is 0 Å². The van der Waals surface area contributed by atoms with E-state index in [0.717, 1.165) is 0 Å². The Morgan fingerprint density at radius 3 is 2.33 bits per heavy atom. The molecule has 0 radical (unpaired) electrons. The molecule has 1 aliphatic heterocycles. The van der Waals surface area contributed by atoms with Gasteiger partial charge in [-0.1, -0.05) is 13.8 Å². The SMILES string of the molecule is COC(OC)[C@H](C)C(=O)N1C(=O)OC[C@@H]1C(C)C. The summed E-state index contributed by atoms with van der Waals surface area (Å²) in [4.78, 5) is 25.1. The first-order valence-electron chi connectivity index (χ1n) is 5.99. The van der Waals surface area contributed by atoms with Crippen LogP contribution in [-0.2, 0) is 19.0 Å². The van der Waals surface area contributed by atoms with E-state index < -0.39 is 18.3 Å². The monoisotopic (exact) mass is 259 g/mol. The fraction of sp³-hybridized carbons (Fsp3) is 0.833. The van der Waals surface area contributed by atoms with Crippen molar-refractivity contribution in [1.82, 2.24) is 4.90 Å². The lowest BCUT2D eigenvalue weighted by Crippen LogP contribution is -2.47. The summed E-state index contributed by atoms with van der Waals surface area (Å²) < 4.78 is 15.0. The number of methoxy groups -OCH3 is 2. The maximum absolute atomic E-state index is 12.3. The molecule has 0 aromatic carbocycles. The van der Waals surface area contributed by atoms with Gasteiger partial charge in [0, 0.05) is 14.2 Å². The lowest BCUT2D eigenvalue weighted by atomic mass is 10.0. The summed E-state index contributed by atoms with van der Waals surface area (Å²) in [5.41, 5.74) is 0. The molecule has 0 spiro atoms. The smallest absolute Gasteiger partial charge is 0.416 e. The highest BCUT2D eigenvalue weighted by Gasteiger charge is 2.42. The number of carbonyl (C=O) groups is 2. The maximum Gasteiger partial charge on any atom is 0.416 e. The van der Waals surface area contributed by atoms with Crippen molar-refractivity contribution in [2.24, 2.45) is 11.8 Å². The van der Waals surface area contributed by atoms with Gasteiger partial charge in [-0.15, -0.1) is 0 Å². The molecule has 18 heavy (non-hydrogen) atoms. The average molecular weight is 259 g/mol. The van der Waals surface area contributed by atoms with Crippen molar-refractivity contribution in [2.75, 3.05) is 20.8 Å². The molecule has 6 nitrogen and oxygen atoms in total. The van der Waals surface area contributed by atoms with E-state index in [1.54, 1.807) is 6.92 Å². The fourth-order valence-electron chi connectivity index (χ4n) is 2.02. The van der Waals surface area contributed by atoms with E-state index in [0.29, 0.717) is 0 Å². The zero-order chi connectivity index (χ0) is 13.9. The first-order valence-corrected chi connectivity index (χ1v) is 5.99. The number of hydrogen-bond donors (Lipinski definition) is 0. The van der Waals surface area contributed by atoms with E-state index in [-0.39, 0.29) is 24.5 Å². The molecule has 1 aliphatic rings. The van der Waals surface area contributed by atoms with Crippen molar-refractivity contribution in [3.05, 3.63) is 0 Å². The predicted octanol–water partition coefficient (Wildman–Crippen LogP) is 1.24. The number of carbonyl (C=O) groups excluding carboxylic acids is 2. The van der Waals surface area contributed by atoms with Crippen LogP contribution < -0.4 is 0 Å². The van der Waals surface area contributed by atoms with Crippen LogP contribution in [0.4, 0.5) is 4.79 Å². The lowest BCUT2D eigenvalue weighted by molar-refractivity contribution is -0.162. The standard InChI is InChI=1S/C12H21NO5/c1-7(2)9-6-18-12(15)13(9)10(14)8(3)11(16-4)17-5/h7-9,11H,6H2,1-5H3/t8-,9-/m1/s1. The number of nitrogens with zero attached hydrogens (tertiary/aromatic N) is 1. The van der Waals surface area contributed by atoms with E-state index in [9.17, 15) is 9.59 Å². The fourth-order valence-corrected chi connectivity index (χ4v) is 2.02. The summed E-state index contributed by atoms with van der Waals surface area (Å²) in [5.74, 6) is -0.743. The number of amides is 2. The van der Waals surface area contributed by atoms with Gasteiger partial charge in [0.25, 0.3) is 0 Å². The number of hydrogen-bond acceptors (Lipinski definition) is 5. The van der Waals surface area contributed by atoms with Crippen molar-refractivity contribution in [3.63, 3.8) is 0 Å². The molecule has 1 heterocycles. The van der Waals surface area contributed by atoms with Gasteiger partial charge in [0.1, 0.15) is 6.61 Å². The topological polar surface area (TPSA) is 65.1 Å². The first kappa shape index (κ1) is 14.9. The molecule has 0 unspecified atom stereocenters. The minimum absolute atomic E-state index is 0.149. The summed E-state index contributed by atoms with van der Waals surface area (Å²) in [6, 6.07) is -0.221. The zero-order valence-corrected chi connectivity index (χ0v) is 11.5. The van der Waals surface area contributed by atoms with Crippen LogP contribution in [0.1, 0.15) is 20.8 Å². The Morgan fingerprint density at radius 1 is 1.33 bits per heavy atom. The Morgan fingerprint density at radius 2 is 1.89 bits per heavy atom. The average Bonchev–Trinajstić information content (AvgIpc) is 2.71. The molecule has 1 rings (SSSR count). The van der Waals surface area contributed by atoms with Crippen molar-refractivity contribution in [3.8, 4) is 0 Å². The molecule has 0 N–H and O–H groups in total. The Labute approximate surface area is 107 Å². The second kappa shape index (κ2) is 6.15. The minimum atomic E-state index is -0.668. The lowest BCUT2D eigenvalue weighted by Gasteiger charge is -2.27.